The third kappa shape index (κ3) is 11.1. The predicted molar refractivity (Wildman–Crippen MR) is 62.4 cm³/mol. The van der Waals surface area contributed by atoms with Crippen LogP contribution in [0.15, 0.2) is 0 Å². The van der Waals surface area contributed by atoms with Gasteiger partial charge in [0.1, 0.15) is 6.61 Å². The molecular weight excluding hydrogens is 226 g/mol. The minimum atomic E-state index is -0.329. The summed E-state index contributed by atoms with van der Waals surface area (Å²) in [4.78, 5) is 22.3. The Bertz CT molecular complexity index is 224. The van der Waals surface area contributed by atoms with E-state index in [1.807, 2.05) is 6.92 Å². The fourth-order valence-corrected chi connectivity index (χ4v) is 0.931. The molecule has 2 amide bonds. The van der Waals surface area contributed by atoms with E-state index in [4.69, 9.17) is 15.2 Å². The normalized spacial score (nSPS) is 10.0. The van der Waals surface area contributed by atoms with Crippen LogP contribution in [0.3, 0.4) is 0 Å². The minimum Gasteiger partial charge on any atom is -0.379 e. The summed E-state index contributed by atoms with van der Waals surface area (Å²) in [6, 6.07) is 0. The fraction of sp³-hybridized carbons (Fsp3) is 0.800. The van der Waals surface area contributed by atoms with Crippen LogP contribution in [0.2, 0.25) is 0 Å². The first-order valence-electron chi connectivity index (χ1n) is 5.59. The molecule has 0 aliphatic carbocycles. The van der Waals surface area contributed by atoms with Gasteiger partial charge in [0.15, 0.2) is 0 Å². The van der Waals surface area contributed by atoms with Crippen molar-refractivity contribution in [1.82, 2.24) is 10.6 Å². The van der Waals surface area contributed by atoms with E-state index in [1.165, 1.54) is 0 Å². The van der Waals surface area contributed by atoms with Gasteiger partial charge in [-0.25, -0.2) is 0 Å². The maximum absolute atomic E-state index is 11.2. The van der Waals surface area contributed by atoms with Gasteiger partial charge in [-0.3, -0.25) is 9.59 Å². The number of hydrogen-bond donors (Lipinski definition) is 3. The number of hydrogen-bond acceptors (Lipinski definition) is 5. The zero-order valence-corrected chi connectivity index (χ0v) is 10.2. The molecule has 0 aliphatic rings. The van der Waals surface area contributed by atoms with Crippen LogP contribution in [0.25, 0.3) is 0 Å². The molecule has 0 atom stereocenters. The predicted octanol–water partition coefficient (Wildman–Crippen LogP) is -1.77. The fourth-order valence-electron chi connectivity index (χ4n) is 0.931. The summed E-state index contributed by atoms with van der Waals surface area (Å²) in [6.07, 6.45) is 0. The summed E-state index contributed by atoms with van der Waals surface area (Å²) in [7, 11) is 0. The molecule has 17 heavy (non-hydrogen) atoms. The number of carbonyl (C=O) groups excluding carboxylic acids is 2. The number of carbonyl (C=O) groups is 2. The Kier molecular flexibility index (Phi) is 10.5. The maximum Gasteiger partial charge on any atom is 0.246 e. The van der Waals surface area contributed by atoms with Crippen molar-refractivity contribution in [1.29, 1.82) is 0 Å². The molecule has 7 nitrogen and oxygen atoms in total. The zero-order chi connectivity index (χ0) is 12.9. The van der Waals surface area contributed by atoms with Crippen molar-refractivity contribution in [3.05, 3.63) is 0 Å². The van der Waals surface area contributed by atoms with E-state index in [1.54, 1.807) is 0 Å². The number of nitrogens with one attached hydrogen (secondary N) is 2. The molecule has 0 aromatic heterocycles. The molecule has 0 saturated heterocycles. The molecular formula is C10H21N3O4. The van der Waals surface area contributed by atoms with Crippen molar-refractivity contribution in [3.8, 4) is 0 Å². The molecule has 0 heterocycles. The first-order valence-corrected chi connectivity index (χ1v) is 5.59. The van der Waals surface area contributed by atoms with Crippen LogP contribution in [-0.2, 0) is 19.1 Å². The van der Waals surface area contributed by atoms with E-state index in [0.717, 1.165) is 0 Å². The second-order valence-corrected chi connectivity index (χ2v) is 3.16. The number of rotatable bonds is 10. The summed E-state index contributed by atoms with van der Waals surface area (Å²) < 4.78 is 10.0. The first-order chi connectivity index (χ1) is 8.20. The topological polar surface area (TPSA) is 103 Å². The van der Waals surface area contributed by atoms with Gasteiger partial charge in [0, 0.05) is 19.7 Å². The van der Waals surface area contributed by atoms with Gasteiger partial charge in [-0.2, -0.15) is 0 Å². The Morgan fingerprint density at radius 1 is 1.12 bits per heavy atom. The van der Waals surface area contributed by atoms with E-state index in [2.05, 4.69) is 10.6 Å². The van der Waals surface area contributed by atoms with Crippen molar-refractivity contribution in [3.63, 3.8) is 0 Å². The Hall–Kier alpha value is -1.18. The van der Waals surface area contributed by atoms with E-state index >= 15 is 0 Å². The van der Waals surface area contributed by atoms with Gasteiger partial charge in [0.05, 0.1) is 19.8 Å². The lowest BCUT2D eigenvalue weighted by Crippen LogP contribution is -2.40. The van der Waals surface area contributed by atoms with E-state index in [-0.39, 0.29) is 25.0 Å². The van der Waals surface area contributed by atoms with E-state index in [0.29, 0.717) is 32.9 Å². The summed E-state index contributed by atoms with van der Waals surface area (Å²) in [5.41, 5.74) is 5.20. The monoisotopic (exact) mass is 247 g/mol. The molecule has 7 heteroatoms. The third-order valence-corrected chi connectivity index (χ3v) is 1.72. The van der Waals surface area contributed by atoms with Gasteiger partial charge in [-0.15, -0.1) is 0 Å². The average molecular weight is 247 g/mol. The molecule has 0 aliphatic heterocycles. The van der Waals surface area contributed by atoms with Gasteiger partial charge < -0.3 is 25.8 Å². The van der Waals surface area contributed by atoms with Crippen LogP contribution in [0, 0.1) is 0 Å². The van der Waals surface area contributed by atoms with Gasteiger partial charge in [0.2, 0.25) is 11.8 Å². The minimum absolute atomic E-state index is 0.0619. The SMILES string of the molecule is CCOCCOCC(=O)NCC(=O)NCCN. The first kappa shape index (κ1) is 15.8. The van der Waals surface area contributed by atoms with Gasteiger partial charge >= 0.3 is 0 Å². The summed E-state index contributed by atoms with van der Waals surface area (Å²) in [5.74, 6) is -0.595. The molecule has 0 unspecified atom stereocenters. The maximum atomic E-state index is 11.2. The second-order valence-electron chi connectivity index (χ2n) is 3.16. The second kappa shape index (κ2) is 11.3. The third-order valence-electron chi connectivity index (χ3n) is 1.72. The summed E-state index contributed by atoms with van der Waals surface area (Å²) >= 11 is 0. The van der Waals surface area contributed by atoms with Gasteiger partial charge in [0.25, 0.3) is 0 Å². The molecule has 0 spiro atoms. The number of amides is 2. The average Bonchev–Trinajstić information content (AvgIpc) is 2.33. The van der Waals surface area contributed by atoms with Crippen molar-refractivity contribution < 1.29 is 19.1 Å². The molecule has 0 rings (SSSR count). The molecule has 0 aromatic carbocycles. The summed E-state index contributed by atoms with van der Waals surface area (Å²) in [5, 5.41) is 4.96. The Morgan fingerprint density at radius 2 is 1.82 bits per heavy atom. The van der Waals surface area contributed by atoms with Gasteiger partial charge in [-0.1, -0.05) is 0 Å². The highest BCUT2D eigenvalue weighted by molar-refractivity contribution is 5.85. The molecule has 0 fully saturated rings. The van der Waals surface area contributed by atoms with Crippen LogP contribution in [-0.4, -0.2) is 57.9 Å². The highest BCUT2D eigenvalue weighted by Gasteiger charge is 2.04. The smallest absolute Gasteiger partial charge is 0.246 e. The molecule has 0 saturated carbocycles. The van der Waals surface area contributed by atoms with E-state index < -0.39 is 0 Å². The van der Waals surface area contributed by atoms with Crippen LogP contribution in [0.5, 0.6) is 0 Å². The Morgan fingerprint density at radius 3 is 2.47 bits per heavy atom. The molecule has 0 bridgehead atoms. The lowest BCUT2D eigenvalue weighted by Gasteiger charge is -2.06. The Labute approximate surface area is 101 Å². The molecule has 0 aromatic rings. The molecule has 4 N–H and O–H groups in total. The highest BCUT2D eigenvalue weighted by atomic mass is 16.5. The van der Waals surface area contributed by atoms with E-state index in [9.17, 15) is 9.59 Å². The van der Waals surface area contributed by atoms with Crippen LogP contribution >= 0.6 is 0 Å². The van der Waals surface area contributed by atoms with Gasteiger partial charge in [-0.05, 0) is 6.92 Å². The van der Waals surface area contributed by atoms with Crippen molar-refractivity contribution >= 4 is 11.8 Å². The Balaban J connectivity index is 3.36. The highest BCUT2D eigenvalue weighted by Crippen LogP contribution is 1.78. The van der Waals surface area contributed by atoms with Crippen molar-refractivity contribution in [2.75, 3.05) is 46.1 Å². The van der Waals surface area contributed by atoms with Crippen LogP contribution in [0.4, 0.5) is 0 Å². The summed E-state index contributed by atoms with van der Waals surface area (Å²) in [6.45, 7) is 3.97. The van der Waals surface area contributed by atoms with Crippen molar-refractivity contribution in [2.24, 2.45) is 5.73 Å². The molecule has 100 valence electrons. The lowest BCUT2D eigenvalue weighted by atomic mass is 10.5. The molecule has 0 radical (unpaired) electrons. The lowest BCUT2D eigenvalue weighted by molar-refractivity contribution is -0.129. The van der Waals surface area contributed by atoms with Crippen molar-refractivity contribution in [2.45, 2.75) is 6.92 Å². The van der Waals surface area contributed by atoms with Crippen LogP contribution < -0.4 is 16.4 Å². The number of ether oxygens (including phenoxy) is 2. The standard InChI is InChI=1S/C10H21N3O4/c1-2-16-5-6-17-8-10(15)13-7-9(14)12-4-3-11/h2-8,11H2,1H3,(H,12,14)(H,13,15). The number of nitrogens with two attached hydrogens (primary N) is 1. The van der Waals surface area contributed by atoms with Crippen LogP contribution in [0.1, 0.15) is 6.92 Å². The largest absolute Gasteiger partial charge is 0.379 e. The zero-order valence-electron chi connectivity index (χ0n) is 10.2. The quantitative estimate of drug-likeness (QED) is 0.396.